The quantitative estimate of drug-likeness (QED) is 0.388. The number of rotatable bonds is 4. The van der Waals surface area contributed by atoms with Crippen LogP contribution in [0.3, 0.4) is 0 Å². The average Bonchev–Trinajstić information content (AvgIpc) is 2.69. The standard InChI is InChI=1S/C24H23IN2O3/c1-24(2,3)30-23(29)27-20-14-11-18(16-7-5-4-6-8-16)15-21(20)26-22(28)17-9-12-19(25)13-10-17/h4-15H,1-3H3,(H,26,28)(H,27,29). The summed E-state index contributed by atoms with van der Waals surface area (Å²) >= 11 is 2.19. The Labute approximate surface area is 190 Å². The summed E-state index contributed by atoms with van der Waals surface area (Å²) in [5, 5.41) is 5.65. The van der Waals surface area contributed by atoms with Crippen molar-refractivity contribution in [2.75, 3.05) is 10.6 Å². The number of carbonyl (C=O) groups excluding carboxylic acids is 2. The Bertz CT molecular complexity index is 1040. The van der Waals surface area contributed by atoms with Crippen molar-refractivity contribution in [1.82, 2.24) is 0 Å². The Morgan fingerprint density at radius 2 is 1.47 bits per heavy atom. The van der Waals surface area contributed by atoms with E-state index in [0.717, 1.165) is 14.7 Å². The predicted octanol–water partition coefficient (Wildman–Crippen LogP) is 6.56. The number of halogens is 1. The summed E-state index contributed by atoms with van der Waals surface area (Å²) in [5.74, 6) is -0.260. The molecule has 0 aliphatic rings. The van der Waals surface area contributed by atoms with Crippen LogP contribution < -0.4 is 10.6 Å². The summed E-state index contributed by atoms with van der Waals surface area (Å²) < 4.78 is 6.39. The number of hydrogen-bond acceptors (Lipinski definition) is 3. The van der Waals surface area contributed by atoms with Crippen molar-refractivity contribution in [3.63, 3.8) is 0 Å². The molecule has 0 atom stereocenters. The summed E-state index contributed by atoms with van der Waals surface area (Å²) in [6, 6.07) is 22.6. The van der Waals surface area contributed by atoms with Crippen molar-refractivity contribution < 1.29 is 14.3 Å². The first-order valence-electron chi connectivity index (χ1n) is 9.48. The molecule has 0 fully saturated rings. The second kappa shape index (κ2) is 9.30. The smallest absolute Gasteiger partial charge is 0.412 e. The van der Waals surface area contributed by atoms with Crippen LogP contribution in [-0.4, -0.2) is 17.6 Å². The molecule has 0 aliphatic heterocycles. The van der Waals surface area contributed by atoms with E-state index in [4.69, 9.17) is 4.74 Å². The van der Waals surface area contributed by atoms with Crippen LogP contribution in [0.4, 0.5) is 16.2 Å². The second-order valence-electron chi connectivity index (χ2n) is 7.71. The van der Waals surface area contributed by atoms with Crippen LogP contribution in [0.2, 0.25) is 0 Å². The predicted molar refractivity (Wildman–Crippen MR) is 129 cm³/mol. The van der Waals surface area contributed by atoms with Gasteiger partial charge in [-0.2, -0.15) is 0 Å². The van der Waals surface area contributed by atoms with E-state index in [2.05, 4.69) is 33.2 Å². The minimum absolute atomic E-state index is 0.260. The summed E-state index contributed by atoms with van der Waals surface area (Å²) in [5.41, 5.74) is 2.78. The van der Waals surface area contributed by atoms with Gasteiger partial charge in [0.25, 0.3) is 5.91 Å². The van der Waals surface area contributed by atoms with Gasteiger partial charge >= 0.3 is 6.09 Å². The topological polar surface area (TPSA) is 67.4 Å². The molecule has 0 heterocycles. The van der Waals surface area contributed by atoms with Crippen LogP contribution in [0, 0.1) is 3.57 Å². The zero-order valence-corrected chi connectivity index (χ0v) is 19.2. The summed E-state index contributed by atoms with van der Waals surface area (Å²) in [7, 11) is 0. The lowest BCUT2D eigenvalue weighted by molar-refractivity contribution is 0.0635. The van der Waals surface area contributed by atoms with Gasteiger partial charge in [0.1, 0.15) is 5.60 Å². The number of benzene rings is 3. The Morgan fingerprint density at radius 1 is 0.800 bits per heavy atom. The van der Waals surface area contributed by atoms with Gasteiger partial charge < -0.3 is 10.1 Å². The number of amides is 2. The van der Waals surface area contributed by atoms with Gasteiger partial charge in [0, 0.05) is 9.13 Å². The van der Waals surface area contributed by atoms with Crippen molar-refractivity contribution in [1.29, 1.82) is 0 Å². The van der Waals surface area contributed by atoms with Gasteiger partial charge in [0.15, 0.2) is 0 Å². The van der Waals surface area contributed by atoms with Gasteiger partial charge in [-0.05, 0) is 90.9 Å². The maximum Gasteiger partial charge on any atom is 0.412 e. The van der Waals surface area contributed by atoms with E-state index in [9.17, 15) is 9.59 Å². The molecule has 3 rings (SSSR count). The molecule has 154 valence electrons. The van der Waals surface area contributed by atoms with E-state index in [-0.39, 0.29) is 5.91 Å². The van der Waals surface area contributed by atoms with E-state index in [1.807, 2.05) is 54.6 Å². The molecular weight excluding hydrogens is 491 g/mol. The molecule has 0 bridgehead atoms. The Balaban J connectivity index is 1.92. The van der Waals surface area contributed by atoms with E-state index < -0.39 is 11.7 Å². The lowest BCUT2D eigenvalue weighted by Crippen LogP contribution is -2.27. The molecule has 6 heteroatoms. The molecule has 30 heavy (non-hydrogen) atoms. The van der Waals surface area contributed by atoms with Crippen molar-refractivity contribution in [2.45, 2.75) is 26.4 Å². The van der Waals surface area contributed by atoms with Crippen LogP contribution in [-0.2, 0) is 4.74 Å². The Kier molecular flexibility index (Phi) is 6.77. The fraction of sp³-hybridized carbons (Fsp3) is 0.167. The molecule has 2 N–H and O–H groups in total. The molecule has 0 radical (unpaired) electrons. The van der Waals surface area contributed by atoms with E-state index in [1.54, 1.807) is 39.0 Å². The molecule has 2 amide bonds. The minimum atomic E-state index is -0.626. The third-order valence-electron chi connectivity index (χ3n) is 4.12. The van der Waals surface area contributed by atoms with Crippen LogP contribution >= 0.6 is 22.6 Å². The third-order valence-corrected chi connectivity index (χ3v) is 4.84. The lowest BCUT2D eigenvalue weighted by atomic mass is 10.0. The molecule has 0 saturated carbocycles. The number of ether oxygens (including phenoxy) is 1. The molecule has 0 aromatic heterocycles. The van der Waals surface area contributed by atoms with Crippen molar-refractivity contribution in [3.05, 3.63) is 81.9 Å². The highest BCUT2D eigenvalue weighted by Gasteiger charge is 2.18. The summed E-state index contributed by atoms with van der Waals surface area (Å²) in [6.07, 6.45) is -0.584. The van der Waals surface area contributed by atoms with Crippen molar-refractivity contribution in [3.8, 4) is 11.1 Å². The van der Waals surface area contributed by atoms with E-state index >= 15 is 0 Å². The SMILES string of the molecule is CC(C)(C)OC(=O)Nc1ccc(-c2ccccc2)cc1NC(=O)c1ccc(I)cc1. The highest BCUT2D eigenvalue weighted by Crippen LogP contribution is 2.30. The van der Waals surface area contributed by atoms with Gasteiger partial charge in [0.05, 0.1) is 11.4 Å². The highest BCUT2D eigenvalue weighted by molar-refractivity contribution is 14.1. The molecular formula is C24H23IN2O3. The van der Waals surface area contributed by atoms with Gasteiger partial charge in [-0.25, -0.2) is 4.79 Å². The molecule has 0 spiro atoms. The molecule has 0 saturated heterocycles. The molecule has 3 aromatic rings. The van der Waals surface area contributed by atoms with Crippen LogP contribution in [0.15, 0.2) is 72.8 Å². The van der Waals surface area contributed by atoms with E-state index in [0.29, 0.717) is 16.9 Å². The largest absolute Gasteiger partial charge is 0.444 e. The Morgan fingerprint density at radius 3 is 2.10 bits per heavy atom. The first kappa shape index (κ1) is 21.8. The fourth-order valence-corrected chi connectivity index (χ4v) is 3.14. The summed E-state index contributed by atoms with van der Waals surface area (Å²) in [6.45, 7) is 5.39. The Hall–Kier alpha value is -2.87. The zero-order valence-electron chi connectivity index (χ0n) is 17.0. The van der Waals surface area contributed by atoms with Crippen molar-refractivity contribution in [2.24, 2.45) is 0 Å². The number of hydrogen-bond donors (Lipinski definition) is 2. The van der Waals surface area contributed by atoms with Crippen molar-refractivity contribution >= 4 is 46.0 Å². The van der Waals surface area contributed by atoms with E-state index in [1.165, 1.54) is 0 Å². The van der Waals surface area contributed by atoms with Crippen LogP contribution in [0.1, 0.15) is 31.1 Å². The second-order valence-corrected chi connectivity index (χ2v) is 8.96. The number of anilines is 2. The first-order valence-corrected chi connectivity index (χ1v) is 10.6. The number of carbonyl (C=O) groups is 2. The zero-order chi connectivity index (χ0) is 21.7. The lowest BCUT2D eigenvalue weighted by Gasteiger charge is -2.21. The first-order chi connectivity index (χ1) is 14.2. The maximum absolute atomic E-state index is 12.8. The maximum atomic E-state index is 12.8. The van der Waals surface area contributed by atoms with Gasteiger partial charge in [0.2, 0.25) is 0 Å². The van der Waals surface area contributed by atoms with Gasteiger partial charge in [-0.3, -0.25) is 10.1 Å². The number of nitrogens with one attached hydrogen (secondary N) is 2. The van der Waals surface area contributed by atoms with Crippen LogP contribution in [0.5, 0.6) is 0 Å². The monoisotopic (exact) mass is 514 g/mol. The normalized spacial score (nSPS) is 10.9. The minimum Gasteiger partial charge on any atom is -0.444 e. The molecule has 0 unspecified atom stereocenters. The molecule has 3 aromatic carbocycles. The fourth-order valence-electron chi connectivity index (χ4n) is 2.78. The summed E-state index contributed by atoms with van der Waals surface area (Å²) in [4.78, 5) is 25.1. The molecule has 0 aliphatic carbocycles. The average molecular weight is 514 g/mol. The highest BCUT2D eigenvalue weighted by atomic mass is 127. The van der Waals surface area contributed by atoms with Gasteiger partial charge in [-0.1, -0.05) is 36.4 Å². The van der Waals surface area contributed by atoms with Gasteiger partial charge in [-0.15, -0.1) is 0 Å². The molecule has 5 nitrogen and oxygen atoms in total. The third kappa shape index (κ3) is 6.06. The van der Waals surface area contributed by atoms with Crippen LogP contribution in [0.25, 0.3) is 11.1 Å².